The van der Waals surface area contributed by atoms with Crippen LogP contribution in [0.5, 0.6) is 5.75 Å². The van der Waals surface area contributed by atoms with Crippen LogP contribution in [0.1, 0.15) is 15.9 Å². The van der Waals surface area contributed by atoms with Gasteiger partial charge in [0.05, 0.1) is 30.8 Å². The van der Waals surface area contributed by atoms with Gasteiger partial charge in [0.25, 0.3) is 5.91 Å². The number of amides is 1. The normalized spacial score (nSPS) is 11.2. The summed E-state index contributed by atoms with van der Waals surface area (Å²) in [7, 11) is -0.882. The van der Waals surface area contributed by atoms with Crippen molar-refractivity contribution in [2.24, 2.45) is 0 Å². The lowest BCUT2D eigenvalue weighted by Crippen LogP contribution is -2.28. The molecule has 0 saturated heterocycles. The third-order valence-corrected chi connectivity index (χ3v) is 5.06. The molecule has 0 fully saturated rings. The number of benzene rings is 2. The molecule has 2 rings (SSSR count). The van der Waals surface area contributed by atoms with E-state index in [9.17, 15) is 13.2 Å². The summed E-state index contributed by atoms with van der Waals surface area (Å²) in [5.74, 6) is -0.125. The molecule has 0 aliphatic rings. The van der Waals surface area contributed by atoms with Crippen LogP contribution in [0.4, 0.5) is 0 Å². The summed E-state index contributed by atoms with van der Waals surface area (Å²) in [6.07, 6.45) is 0. The van der Waals surface area contributed by atoms with Crippen LogP contribution in [0.3, 0.4) is 0 Å². The standard InChI is InChI=1S/C18H22N2O5S/c1-19-18(21)16-12-15(8-9-17(16)24-2)26(22,23)20-10-11-25-13-14-6-4-3-5-7-14/h3-9,12,20H,10-11,13H2,1-2H3,(H,19,21). The van der Waals surface area contributed by atoms with Crippen molar-refractivity contribution in [1.29, 1.82) is 0 Å². The molecule has 8 heteroatoms. The van der Waals surface area contributed by atoms with Gasteiger partial charge in [-0.1, -0.05) is 30.3 Å². The Morgan fingerprint density at radius 1 is 1.12 bits per heavy atom. The first-order valence-corrected chi connectivity index (χ1v) is 9.47. The molecule has 1 amide bonds. The first-order chi connectivity index (χ1) is 12.5. The second-order valence-electron chi connectivity index (χ2n) is 5.38. The maximum absolute atomic E-state index is 12.4. The topological polar surface area (TPSA) is 93.7 Å². The van der Waals surface area contributed by atoms with Gasteiger partial charge in [0.2, 0.25) is 10.0 Å². The van der Waals surface area contributed by atoms with Gasteiger partial charge in [-0.25, -0.2) is 13.1 Å². The fraction of sp³-hybridized carbons (Fsp3) is 0.278. The van der Waals surface area contributed by atoms with Crippen LogP contribution in [0.15, 0.2) is 53.4 Å². The highest BCUT2D eigenvalue weighted by Crippen LogP contribution is 2.22. The van der Waals surface area contributed by atoms with Crippen molar-refractivity contribution in [1.82, 2.24) is 10.0 Å². The zero-order chi connectivity index (χ0) is 19.0. The Bertz CT molecular complexity index is 838. The summed E-state index contributed by atoms with van der Waals surface area (Å²) in [4.78, 5) is 11.9. The minimum absolute atomic E-state index is 0.0139. The van der Waals surface area contributed by atoms with E-state index in [0.29, 0.717) is 12.4 Å². The molecule has 0 aromatic heterocycles. The Kier molecular flexibility index (Phi) is 7.14. The number of ether oxygens (including phenoxy) is 2. The largest absolute Gasteiger partial charge is 0.496 e. The van der Waals surface area contributed by atoms with Crippen molar-refractivity contribution < 1.29 is 22.7 Å². The van der Waals surface area contributed by atoms with Crippen molar-refractivity contribution in [3.05, 3.63) is 59.7 Å². The number of rotatable bonds is 9. The first-order valence-electron chi connectivity index (χ1n) is 7.99. The van der Waals surface area contributed by atoms with Gasteiger partial charge in [-0.15, -0.1) is 0 Å². The molecule has 2 aromatic rings. The Hall–Kier alpha value is -2.42. The molecule has 0 atom stereocenters. The minimum Gasteiger partial charge on any atom is -0.496 e. The molecule has 140 valence electrons. The number of carbonyl (C=O) groups excluding carboxylic acids is 1. The molecule has 0 saturated carbocycles. The molecule has 0 spiro atoms. The highest BCUT2D eigenvalue weighted by Gasteiger charge is 2.19. The number of nitrogens with one attached hydrogen (secondary N) is 2. The van der Waals surface area contributed by atoms with Gasteiger partial charge < -0.3 is 14.8 Å². The Labute approximate surface area is 153 Å². The highest BCUT2D eigenvalue weighted by molar-refractivity contribution is 7.89. The molecule has 0 unspecified atom stereocenters. The van der Waals surface area contributed by atoms with Crippen molar-refractivity contribution in [3.8, 4) is 5.75 Å². The fourth-order valence-corrected chi connectivity index (χ4v) is 3.30. The molecule has 26 heavy (non-hydrogen) atoms. The molecule has 0 aliphatic carbocycles. The maximum Gasteiger partial charge on any atom is 0.254 e. The zero-order valence-electron chi connectivity index (χ0n) is 14.7. The summed E-state index contributed by atoms with van der Waals surface area (Å²) in [5.41, 5.74) is 1.17. The molecule has 0 bridgehead atoms. The number of hydrogen-bond acceptors (Lipinski definition) is 5. The average Bonchev–Trinajstić information content (AvgIpc) is 2.67. The van der Waals surface area contributed by atoms with E-state index < -0.39 is 15.9 Å². The second kappa shape index (κ2) is 9.33. The third-order valence-electron chi connectivity index (χ3n) is 3.60. The number of sulfonamides is 1. The zero-order valence-corrected chi connectivity index (χ0v) is 15.5. The molecule has 0 heterocycles. The Balaban J connectivity index is 1.95. The smallest absolute Gasteiger partial charge is 0.254 e. The van der Waals surface area contributed by atoms with Crippen LogP contribution in [0.2, 0.25) is 0 Å². The minimum atomic E-state index is -3.76. The lowest BCUT2D eigenvalue weighted by atomic mass is 10.2. The van der Waals surface area contributed by atoms with E-state index in [0.717, 1.165) is 5.56 Å². The van der Waals surface area contributed by atoms with Crippen LogP contribution >= 0.6 is 0 Å². The molecule has 0 radical (unpaired) electrons. The van der Waals surface area contributed by atoms with E-state index in [1.165, 1.54) is 32.4 Å². The molecule has 7 nitrogen and oxygen atoms in total. The van der Waals surface area contributed by atoms with Gasteiger partial charge in [-0.05, 0) is 23.8 Å². The van der Waals surface area contributed by atoms with Crippen molar-refractivity contribution in [2.45, 2.75) is 11.5 Å². The van der Waals surface area contributed by atoms with Gasteiger partial charge in [-0.3, -0.25) is 4.79 Å². The molecular formula is C18H22N2O5S. The van der Waals surface area contributed by atoms with Crippen molar-refractivity contribution >= 4 is 15.9 Å². The summed E-state index contributed by atoms with van der Waals surface area (Å²) < 4.78 is 37.8. The van der Waals surface area contributed by atoms with Crippen LogP contribution in [0.25, 0.3) is 0 Å². The first kappa shape index (κ1) is 19.9. The van der Waals surface area contributed by atoms with Gasteiger partial charge in [0.1, 0.15) is 5.75 Å². The lowest BCUT2D eigenvalue weighted by Gasteiger charge is -2.11. The summed E-state index contributed by atoms with van der Waals surface area (Å²) in [5, 5.41) is 2.46. The molecule has 2 aromatic carbocycles. The SMILES string of the molecule is CNC(=O)c1cc(S(=O)(=O)NCCOCc2ccccc2)ccc1OC. The van der Waals surface area contributed by atoms with Crippen LogP contribution < -0.4 is 14.8 Å². The van der Waals surface area contributed by atoms with Crippen molar-refractivity contribution in [2.75, 3.05) is 27.3 Å². The van der Waals surface area contributed by atoms with E-state index >= 15 is 0 Å². The van der Waals surface area contributed by atoms with E-state index in [4.69, 9.17) is 9.47 Å². The third kappa shape index (κ3) is 5.29. The van der Waals surface area contributed by atoms with Gasteiger partial charge >= 0.3 is 0 Å². The summed E-state index contributed by atoms with van der Waals surface area (Å²) in [6.45, 7) is 0.759. The monoisotopic (exact) mass is 378 g/mol. The van der Waals surface area contributed by atoms with Crippen molar-refractivity contribution in [3.63, 3.8) is 0 Å². The average molecular weight is 378 g/mol. The predicted octanol–water partition coefficient (Wildman–Crippen LogP) is 1.55. The van der Waals surface area contributed by atoms with E-state index in [1.54, 1.807) is 0 Å². The Morgan fingerprint density at radius 2 is 1.85 bits per heavy atom. The fourth-order valence-electron chi connectivity index (χ4n) is 2.26. The van der Waals surface area contributed by atoms with Gasteiger partial charge in [0.15, 0.2) is 0 Å². The number of methoxy groups -OCH3 is 1. The molecule has 2 N–H and O–H groups in total. The number of hydrogen-bond donors (Lipinski definition) is 2. The second-order valence-corrected chi connectivity index (χ2v) is 7.14. The highest BCUT2D eigenvalue weighted by atomic mass is 32.2. The Morgan fingerprint density at radius 3 is 2.50 bits per heavy atom. The van der Waals surface area contributed by atoms with E-state index in [2.05, 4.69) is 10.0 Å². The summed E-state index contributed by atoms with van der Waals surface area (Å²) in [6, 6.07) is 13.7. The van der Waals surface area contributed by atoms with Crippen LogP contribution in [0, 0.1) is 0 Å². The van der Waals surface area contributed by atoms with Gasteiger partial charge in [-0.2, -0.15) is 0 Å². The van der Waals surface area contributed by atoms with Crippen LogP contribution in [-0.2, 0) is 21.4 Å². The quantitative estimate of drug-likeness (QED) is 0.646. The van der Waals surface area contributed by atoms with Crippen LogP contribution in [-0.4, -0.2) is 41.6 Å². The molecular weight excluding hydrogens is 356 g/mol. The molecule has 0 aliphatic heterocycles. The van der Waals surface area contributed by atoms with E-state index in [-0.39, 0.29) is 23.6 Å². The summed E-state index contributed by atoms with van der Waals surface area (Å²) >= 11 is 0. The van der Waals surface area contributed by atoms with E-state index in [1.807, 2.05) is 30.3 Å². The predicted molar refractivity (Wildman–Crippen MR) is 97.7 cm³/mol. The lowest BCUT2D eigenvalue weighted by molar-refractivity contribution is 0.0960. The number of carbonyl (C=O) groups is 1. The van der Waals surface area contributed by atoms with Gasteiger partial charge in [0, 0.05) is 13.6 Å². The maximum atomic E-state index is 12.4.